The van der Waals surface area contributed by atoms with Gasteiger partial charge in [-0.15, -0.1) is 0 Å². The quantitative estimate of drug-likeness (QED) is 0.136. The highest BCUT2D eigenvalue weighted by Gasteiger charge is 2.32. The van der Waals surface area contributed by atoms with E-state index in [1.807, 2.05) is 63.8 Å². The van der Waals surface area contributed by atoms with Crippen molar-refractivity contribution in [3.63, 3.8) is 0 Å². The number of hydrogen-bond acceptors (Lipinski definition) is 8. The average Bonchev–Trinajstić information content (AvgIpc) is 3.49. The number of aryl methyl sites for hydroxylation is 1. The second-order valence-electron chi connectivity index (χ2n) is 10.7. The predicted molar refractivity (Wildman–Crippen MR) is 188 cm³/mol. The van der Waals surface area contributed by atoms with E-state index >= 15 is 0 Å². The van der Waals surface area contributed by atoms with Crippen molar-refractivity contribution < 1.29 is 30.8 Å². The van der Waals surface area contributed by atoms with Gasteiger partial charge >= 0.3 is 0 Å². The summed E-state index contributed by atoms with van der Waals surface area (Å²) in [4.78, 5) is 4.70. The molecule has 1 atom stereocenters. The maximum atomic E-state index is 13.2. The van der Waals surface area contributed by atoms with Crippen molar-refractivity contribution in [1.29, 1.82) is 0 Å². The topological polar surface area (TPSA) is 108 Å². The summed E-state index contributed by atoms with van der Waals surface area (Å²) in [6.45, 7) is 11.9. The van der Waals surface area contributed by atoms with Crippen LogP contribution in [0.4, 0.5) is 11.4 Å². The molecule has 3 aromatic rings. The minimum atomic E-state index is -4.09. The van der Waals surface area contributed by atoms with Crippen molar-refractivity contribution in [2.45, 2.75) is 31.7 Å². The number of rotatable bonds is 13. The first-order valence-corrected chi connectivity index (χ1v) is 18.7. The number of allylic oxidation sites excluding steroid dienone is 4. The smallest absolute Gasteiger partial charge is 0.287 e. The number of aromatic nitrogens is 2. The molecule has 1 fully saturated rings. The molecule has 2 aliphatic rings. The van der Waals surface area contributed by atoms with Crippen LogP contribution in [0.3, 0.4) is 0 Å². The van der Waals surface area contributed by atoms with Gasteiger partial charge in [0.1, 0.15) is 5.82 Å². The van der Waals surface area contributed by atoms with Crippen LogP contribution in [0.2, 0.25) is 10.0 Å². The minimum absolute atomic E-state index is 0.216. The summed E-state index contributed by atoms with van der Waals surface area (Å²) in [7, 11) is -4.09. The van der Waals surface area contributed by atoms with E-state index in [2.05, 4.69) is 30.2 Å². The Morgan fingerprint density at radius 3 is 2.43 bits per heavy atom. The maximum absolute atomic E-state index is 13.2. The zero-order valence-electron chi connectivity index (χ0n) is 26.2. The summed E-state index contributed by atoms with van der Waals surface area (Å²) in [5.74, 6) is 1.35. The average molecular weight is 724 g/mol. The van der Waals surface area contributed by atoms with E-state index in [4.69, 9.17) is 32.2 Å². The van der Waals surface area contributed by atoms with Crippen molar-refractivity contribution in [2.24, 2.45) is 0 Å². The maximum Gasteiger partial charge on any atom is 0.287 e. The van der Waals surface area contributed by atoms with E-state index in [-0.39, 0.29) is 12.2 Å². The Morgan fingerprint density at radius 2 is 1.77 bits per heavy atom. The predicted octanol–water partition coefficient (Wildman–Crippen LogP) is 5.68. The van der Waals surface area contributed by atoms with Gasteiger partial charge in [-0.1, -0.05) is 48.0 Å². The lowest BCUT2D eigenvalue weighted by atomic mass is 10.2. The molecule has 252 valence electrons. The first-order chi connectivity index (χ1) is 22.6. The van der Waals surface area contributed by atoms with Gasteiger partial charge in [0.05, 0.1) is 53.0 Å². The minimum Gasteiger partial charge on any atom is -0.379 e. The molecule has 2 aliphatic heterocycles. The molecule has 1 saturated heterocycles. The molecule has 15 heteroatoms. The van der Waals surface area contributed by atoms with E-state index in [0.29, 0.717) is 60.9 Å². The molecule has 1 aromatic heterocycles. The molecule has 47 heavy (non-hydrogen) atoms. The summed E-state index contributed by atoms with van der Waals surface area (Å²) >= 11 is 11.2. The fourth-order valence-electron chi connectivity index (χ4n) is 5.73. The van der Waals surface area contributed by atoms with Crippen LogP contribution >= 0.6 is 23.2 Å². The van der Waals surface area contributed by atoms with Gasteiger partial charge in [0.25, 0.3) is 15.9 Å². The van der Waals surface area contributed by atoms with Gasteiger partial charge in [-0.2, -0.15) is 22.3 Å². The number of ether oxygens (including phenoxy) is 1. The number of benzene rings is 2. The zero-order chi connectivity index (χ0) is 33.7. The van der Waals surface area contributed by atoms with E-state index < -0.39 is 21.2 Å². The molecule has 5 rings (SSSR count). The second kappa shape index (κ2) is 15.5. The van der Waals surface area contributed by atoms with Crippen molar-refractivity contribution in [1.82, 2.24) is 9.63 Å². The number of imidazole rings is 1. The van der Waals surface area contributed by atoms with Crippen LogP contribution in [0.15, 0.2) is 71.9 Å². The number of halogens is 2. The highest BCUT2D eigenvalue weighted by Crippen LogP contribution is 2.45. The second-order valence-corrected chi connectivity index (χ2v) is 14.2. The molecular weight excluding hydrogens is 685 g/mol. The Kier molecular flexibility index (Phi) is 11.6. The van der Waals surface area contributed by atoms with Gasteiger partial charge in [-0.25, -0.2) is 8.78 Å². The lowest BCUT2D eigenvalue weighted by molar-refractivity contribution is -0.542. The third kappa shape index (κ3) is 8.01. The largest absolute Gasteiger partial charge is 0.379 e. The Balaban J connectivity index is 1.41. The highest BCUT2D eigenvalue weighted by atomic mass is 35.5. The summed E-state index contributed by atoms with van der Waals surface area (Å²) in [6.07, 6.45) is 11.6. The molecule has 3 heterocycles. The summed E-state index contributed by atoms with van der Waals surface area (Å²) in [6, 6.07) is 9.17. The van der Waals surface area contributed by atoms with Crippen LogP contribution in [-0.4, -0.2) is 72.0 Å². The first kappa shape index (κ1) is 35.3. The van der Waals surface area contributed by atoms with Gasteiger partial charge < -0.3 is 14.5 Å². The van der Waals surface area contributed by atoms with E-state index in [0.717, 1.165) is 34.1 Å². The lowest BCUT2D eigenvalue weighted by Gasteiger charge is -2.24. The summed E-state index contributed by atoms with van der Waals surface area (Å²) in [5.41, 5.74) is 3.48. The molecule has 0 radical (unpaired) electrons. The van der Waals surface area contributed by atoms with Crippen molar-refractivity contribution >= 4 is 79.1 Å². The molecule has 0 spiro atoms. The number of morpholine rings is 1. The van der Waals surface area contributed by atoms with Crippen molar-refractivity contribution in [2.75, 3.05) is 54.9 Å². The molecule has 0 saturated carbocycles. The Bertz CT molecular complexity index is 1870. The molecule has 1 N–H and O–H groups in total. The molecule has 0 bridgehead atoms. The van der Waals surface area contributed by atoms with Crippen molar-refractivity contribution in [3.8, 4) is 0 Å². The number of anilines is 2. The van der Waals surface area contributed by atoms with Crippen LogP contribution in [-0.2, 0) is 36.8 Å². The molecule has 0 amide bonds. The number of hydrogen-bond donors (Lipinski definition) is 1. The Labute approximate surface area is 287 Å². The fourth-order valence-corrected chi connectivity index (χ4v) is 7.58. The monoisotopic (exact) mass is 722 g/mol. The van der Waals surface area contributed by atoms with E-state index in [1.54, 1.807) is 17.3 Å². The lowest BCUT2D eigenvalue weighted by Crippen LogP contribution is -2.36. The van der Waals surface area contributed by atoms with Crippen LogP contribution in [0.1, 0.15) is 26.1 Å². The van der Waals surface area contributed by atoms with E-state index in [1.165, 1.54) is 0 Å². The molecule has 1 unspecified atom stereocenters. The van der Waals surface area contributed by atoms with Crippen LogP contribution in [0, 0.1) is 0 Å². The number of fused-ring (bicyclic) bond motifs is 2. The van der Waals surface area contributed by atoms with Crippen LogP contribution in [0.25, 0.3) is 23.3 Å². The van der Waals surface area contributed by atoms with Gasteiger partial charge in [-0.3, -0.25) is 4.55 Å². The van der Waals surface area contributed by atoms with Gasteiger partial charge in [-0.05, 0) is 44.2 Å². The third-order valence-corrected chi connectivity index (χ3v) is 10.3. The molecule has 2 aromatic carbocycles. The van der Waals surface area contributed by atoms with Gasteiger partial charge in [0.15, 0.2) is 11.0 Å². The molecular formula is C32H38Cl2N5O6S2+. The summed E-state index contributed by atoms with van der Waals surface area (Å²) in [5, 5.41) is 2.56. The first-order valence-electron chi connectivity index (χ1n) is 15.2. The zero-order valence-corrected chi connectivity index (χ0v) is 29.4. The van der Waals surface area contributed by atoms with E-state index in [9.17, 15) is 17.2 Å². The highest BCUT2D eigenvalue weighted by molar-refractivity contribution is 7.85. The molecule has 0 aliphatic carbocycles. The fraction of sp³-hybridized carbons (Fsp3) is 0.344. The van der Waals surface area contributed by atoms with Crippen LogP contribution in [0.5, 0.6) is 0 Å². The third-order valence-electron chi connectivity index (χ3n) is 7.81. The number of hydroxylamine groups is 2. The number of nitrogens with zero attached hydrogens (tertiary/aromatic N) is 5. The Morgan fingerprint density at radius 1 is 1.06 bits per heavy atom. The normalized spacial score (nSPS) is 17.5. The van der Waals surface area contributed by atoms with Crippen molar-refractivity contribution in [3.05, 3.63) is 82.9 Å². The molecule has 11 nitrogen and oxygen atoms in total. The Hall–Kier alpha value is -3.01. The SMILES string of the molecule is C=C[n+]1c(/C=C/C=C/C=C2\N(CC)c3cc(Cl)c(S(=O)ON4CCOCC4)cc3N2CC)n(CCCS(=O)(=O)O)c2cc(Cl)ccc21. The summed E-state index contributed by atoms with van der Waals surface area (Å²) < 4.78 is 60.1. The van der Waals surface area contributed by atoms with Crippen LogP contribution < -0.4 is 14.4 Å². The van der Waals surface area contributed by atoms with Gasteiger partial charge in [0.2, 0.25) is 11.1 Å². The van der Waals surface area contributed by atoms with Gasteiger partial charge in [0, 0.05) is 49.8 Å². The standard InChI is InChI=1S/C32H37Cl2N5O6S2/c1-4-36-26-14-13-24(33)21-27(26)39(15-10-20-47(41,42)43)32(36)12-9-7-8-11-31-37(5-2)28-22-25(34)30(23-29(28)38(31)6-3)46(40)45-35-16-18-44-19-17-35/h4,7-9,11-14,21-23H,1,5-6,10,15-20H2,2-3H3/p+1.